The highest BCUT2D eigenvalue weighted by molar-refractivity contribution is 6.18. The lowest BCUT2D eigenvalue weighted by Gasteiger charge is -2.09. The Labute approximate surface area is 112 Å². The van der Waals surface area contributed by atoms with Crippen LogP contribution in [0.4, 0.5) is 0 Å². The number of rotatable bonds is 6. The van der Waals surface area contributed by atoms with Crippen molar-refractivity contribution in [2.45, 2.75) is 25.7 Å². The Balaban J connectivity index is 1.72. The topological polar surface area (TPSA) is 38.3 Å². The van der Waals surface area contributed by atoms with Gasteiger partial charge in [0.05, 0.1) is 6.54 Å². The number of alkyl halides is 1. The zero-order chi connectivity index (χ0) is 12.8. The molecule has 0 saturated carbocycles. The number of fused-ring (bicyclic) bond motifs is 1. The van der Waals surface area contributed by atoms with Gasteiger partial charge in [-0.3, -0.25) is 4.79 Å². The van der Waals surface area contributed by atoms with Gasteiger partial charge in [-0.25, -0.2) is 0 Å². The van der Waals surface area contributed by atoms with E-state index in [0.29, 0.717) is 25.5 Å². The molecule has 0 bridgehead atoms. The first-order valence-corrected chi connectivity index (χ1v) is 6.90. The number of ether oxygens (including phenoxy) is 1. The van der Waals surface area contributed by atoms with Crippen LogP contribution in [0, 0.1) is 0 Å². The van der Waals surface area contributed by atoms with Crippen LogP contribution in [0.5, 0.6) is 5.75 Å². The van der Waals surface area contributed by atoms with Crippen LogP contribution < -0.4 is 10.1 Å². The summed E-state index contributed by atoms with van der Waals surface area (Å²) in [5, 5.41) is 2.76. The van der Waals surface area contributed by atoms with Crippen molar-refractivity contribution in [3.63, 3.8) is 0 Å². The van der Waals surface area contributed by atoms with Crippen LogP contribution in [-0.4, -0.2) is 24.9 Å². The van der Waals surface area contributed by atoms with Gasteiger partial charge < -0.3 is 10.1 Å². The molecule has 1 aliphatic rings. The number of halogens is 1. The summed E-state index contributed by atoms with van der Waals surface area (Å²) in [6.07, 6.45) is 3.94. The van der Waals surface area contributed by atoms with Crippen molar-refractivity contribution in [3.05, 3.63) is 29.3 Å². The van der Waals surface area contributed by atoms with Gasteiger partial charge in [-0.15, -0.1) is 11.6 Å². The van der Waals surface area contributed by atoms with E-state index in [9.17, 15) is 4.79 Å². The highest BCUT2D eigenvalue weighted by Crippen LogP contribution is 2.25. The number of nitrogens with one attached hydrogen (secondary N) is 1. The van der Waals surface area contributed by atoms with E-state index in [1.165, 1.54) is 24.0 Å². The first-order chi connectivity index (χ1) is 8.79. The van der Waals surface area contributed by atoms with E-state index in [1.54, 1.807) is 0 Å². The van der Waals surface area contributed by atoms with Gasteiger partial charge in [-0.2, -0.15) is 0 Å². The predicted octanol–water partition coefficient (Wildman–Crippen LogP) is 2.30. The molecule has 0 aliphatic heterocycles. The average molecular weight is 268 g/mol. The summed E-state index contributed by atoms with van der Waals surface area (Å²) in [6, 6.07) is 6.26. The van der Waals surface area contributed by atoms with Crippen molar-refractivity contribution in [3.8, 4) is 5.75 Å². The molecule has 0 spiro atoms. The molecule has 0 radical (unpaired) electrons. The van der Waals surface area contributed by atoms with Crippen LogP contribution in [0.1, 0.15) is 24.0 Å². The molecule has 0 saturated heterocycles. The summed E-state index contributed by atoms with van der Waals surface area (Å²) in [6.45, 7) is 1.01. The second-order valence-corrected chi connectivity index (χ2v) is 4.80. The fraction of sp³-hybridized carbons (Fsp3) is 0.500. The van der Waals surface area contributed by atoms with Gasteiger partial charge in [0.15, 0.2) is 0 Å². The first kappa shape index (κ1) is 13.2. The summed E-state index contributed by atoms with van der Waals surface area (Å²) < 4.78 is 5.61. The Kier molecular flexibility index (Phi) is 4.88. The monoisotopic (exact) mass is 267 g/mol. The van der Waals surface area contributed by atoms with Crippen molar-refractivity contribution in [2.75, 3.05) is 19.0 Å². The minimum atomic E-state index is -0.0254. The van der Waals surface area contributed by atoms with Crippen LogP contribution in [0.15, 0.2) is 18.2 Å². The number of hydrogen-bond acceptors (Lipinski definition) is 2. The quantitative estimate of drug-likeness (QED) is 0.634. The number of amides is 1. The van der Waals surface area contributed by atoms with E-state index in [1.807, 2.05) is 6.07 Å². The SMILES string of the molecule is O=C(CCCl)NCCOc1ccc2c(c1)CCC2. The summed E-state index contributed by atoms with van der Waals surface area (Å²) in [5.41, 5.74) is 2.84. The zero-order valence-electron chi connectivity index (χ0n) is 10.4. The minimum Gasteiger partial charge on any atom is -0.492 e. The second kappa shape index (κ2) is 6.64. The van der Waals surface area contributed by atoms with Gasteiger partial charge in [0, 0.05) is 12.3 Å². The molecule has 1 aromatic carbocycles. The Morgan fingerprint density at radius 2 is 2.17 bits per heavy atom. The molecule has 3 nitrogen and oxygen atoms in total. The van der Waals surface area contributed by atoms with Crippen LogP contribution in [-0.2, 0) is 17.6 Å². The molecule has 0 heterocycles. The van der Waals surface area contributed by atoms with E-state index < -0.39 is 0 Å². The summed E-state index contributed by atoms with van der Waals surface area (Å²) in [7, 11) is 0. The molecule has 0 aromatic heterocycles. The standard InChI is InChI=1S/C14H18ClNO2/c15-7-6-14(17)16-8-9-18-13-5-4-11-2-1-3-12(11)10-13/h4-5,10H,1-3,6-9H2,(H,16,17). The molecule has 1 N–H and O–H groups in total. The smallest absolute Gasteiger partial charge is 0.221 e. The highest BCUT2D eigenvalue weighted by Gasteiger charge is 2.10. The van der Waals surface area contributed by atoms with Gasteiger partial charge in [0.1, 0.15) is 12.4 Å². The fourth-order valence-electron chi connectivity index (χ4n) is 2.17. The molecule has 0 fully saturated rings. The Hall–Kier alpha value is -1.22. The number of benzene rings is 1. The number of aryl methyl sites for hydroxylation is 2. The maximum absolute atomic E-state index is 11.2. The number of carbonyl (C=O) groups excluding carboxylic acids is 1. The fourth-order valence-corrected chi connectivity index (χ4v) is 2.34. The van der Waals surface area contributed by atoms with E-state index in [4.69, 9.17) is 16.3 Å². The molecule has 1 aromatic rings. The Morgan fingerprint density at radius 3 is 3.00 bits per heavy atom. The third-order valence-corrected chi connectivity index (χ3v) is 3.27. The van der Waals surface area contributed by atoms with Gasteiger partial charge >= 0.3 is 0 Å². The van der Waals surface area contributed by atoms with Gasteiger partial charge in [-0.1, -0.05) is 6.07 Å². The lowest BCUT2D eigenvalue weighted by atomic mass is 10.1. The Bertz CT molecular complexity index is 420. The Morgan fingerprint density at radius 1 is 1.33 bits per heavy atom. The molecule has 4 heteroatoms. The lowest BCUT2D eigenvalue weighted by Crippen LogP contribution is -2.28. The largest absolute Gasteiger partial charge is 0.492 e. The zero-order valence-corrected chi connectivity index (χ0v) is 11.1. The summed E-state index contributed by atoms with van der Waals surface area (Å²) in [4.78, 5) is 11.2. The average Bonchev–Trinajstić information content (AvgIpc) is 2.82. The van der Waals surface area contributed by atoms with E-state index in [0.717, 1.165) is 12.2 Å². The predicted molar refractivity (Wildman–Crippen MR) is 72.3 cm³/mol. The first-order valence-electron chi connectivity index (χ1n) is 6.37. The summed E-state index contributed by atoms with van der Waals surface area (Å²) in [5.74, 6) is 1.22. The van der Waals surface area contributed by atoms with Crippen molar-refractivity contribution >= 4 is 17.5 Å². The lowest BCUT2D eigenvalue weighted by molar-refractivity contribution is -0.120. The molecule has 0 atom stereocenters. The maximum Gasteiger partial charge on any atom is 0.221 e. The van der Waals surface area contributed by atoms with Crippen LogP contribution in [0.3, 0.4) is 0 Å². The molecule has 1 amide bonds. The normalized spacial score (nSPS) is 13.2. The van der Waals surface area contributed by atoms with Crippen molar-refractivity contribution in [1.82, 2.24) is 5.32 Å². The van der Waals surface area contributed by atoms with Crippen molar-refractivity contribution in [1.29, 1.82) is 0 Å². The number of hydrogen-bond donors (Lipinski definition) is 1. The molecule has 2 rings (SSSR count). The molecular formula is C14H18ClNO2. The second-order valence-electron chi connectivity index (χ2n) is 4.42. The van der Waals surface area contributed by atoms with Gasteiger partial charge in [0.2, 0.25) is 5.91 Å². The molecule has 18 heavy (non-hydrogen) atoms. The van der Waals surface area contributed by atoms with E-state index in [-0.39, 0.29) is 5.91 Å². The van der Waals surface area contributed by atoms with Crippen molar-refractivity contribution in [2.24, 2.45) is 0 Å². The third kappa shape index (κ3) is 3.64. The minimum absolute atomic E-state index is 0.0254. The third-order valence-electron chi connectivity index (χ3n) is 3.08. The maximum atomic E-state index is 11.2. The van der Waals surface area contributed by atoms with Crippen molar-refractivity contribution < 1.29 is 9.53 Å². The van der Waals surface area contributed by atoms with Gasteiger partial charge in [-0.05, 0) is 42.5 Å². The molecule has 0 unspecified atom stereocenters. The van der Waals surface area contributed by atoms with E-state index in [2.05, 4.69) is 17.4 Å². The van der Waals surface area contributed by atoms with E-state index >= 15 is 0 Å². The molecule has 1 aliphatic carbocycles. The van der Waals surface area contributed by atoms with Gasteiger partial charge in [0.25, 0.3) is 0 Å². The summed E-state index contributed by atoms with van der Waals surface area (Å²) >= 11 is 5.47. The molecular weight excluding hydrogens is 250 g/mol. The van der Waals surface area contributed by atoms with Crippen LogP contribution in [0.25, 0.3) is 0 Å². The highest BCUT2D eigenvalue weighted by atomic mass is 35.5. The van der Waals surface area contributed by atoms with Crippen LogP contribution in [0.2, 0.25) is 0 Å². The number of carbonyl (C=O) groups is 1. The van der Waals surface area contributed by atoms with Crippen LogP contribution >= 0.6 is 11.6 Å². The molecule has 98 valence electrons.